The molecule has 0 spiro atoms. The maximum Gasteiger partial charge on any atom is 0.288 e. The van der Waals surface area contributed by atoms with E-state index < -0.39 is 5.76 Å². The Morgan fingerprint density at radius 2 is 1.83 bits per heavy atom. The van der Waals surface area contributed by atoms with Crippen LogP contribution in [0.3, 0.4) is 0 Å². The third-order valence-electron chi connectivity index (χ3n) is 3.17. The van der Waals surface area contributed by atoms with Crippen LogP contribution in [0.1, 0.15) is 13.8 Å². The van der Waals surface area contributed by atoms with E-state index in [-0.39, 0.29) is 12.5 Å². The summed E-state index contributed by atoms with van der Waals surface area (Å²) in [6.45, 7) is 5.36. The first-order valence-corrected chi connectivity index (χ1v) is 8.50. The lowest BCUT2D eigenvalue weighted by atomic mass is 10.3. The molecular weight excluding hydrogens is 340 g/mol. The Hall–Kier alpha value is -1.41. The number of nitrogens with one attached hydrogen (secondary N) is 1. The molecule has 0 aromatic heterocycles. The summed E-state index contributed by atoms with van der Waals surface area (Å²) in [6, 6.07) is 6.56. The van der Waals surface area contributed by atoms with Crippen molar-refractivity contribution in [1.82, 2.24) is 9.80 Å². The van der Waals surface area contributed by atoms with Gasteiger partial charge in [0, 0.05) is 30.7 Å². The van der Waals surface area contributed by atoms with Gasteiger partial charge in [-0.15, -0.1) is 0 Å². The highest BCUT2D eigenvalue weighted by Gasteiger charge is 2.14. The second-order valence-electron chi connectivity index (χ2n) is 4.76. The largest absolute Gasteiger partial charge is 0.343 e. The maximum atomic E-state index is 12.3. The number of thiocarbonyl (C=S) groups is 1. The fourth-order valence-electron chi connectivity index (χ4n) is 1.89. The third kappa shape index (κ3) is 6.70. The van der Waals surface area contributed by atoms with E-state index in [9.17, 15) is 13.6 Å². The summed E-state index contributed by atoms with van der Waals surface area (Å²) < 4.78 is 24.5. The number of hydrogen-bond acceptors (Lipinski definition) is 3. The zero-order chi connectivity index (χ0) is 17.4. The number of hydrogen-bond donors (Lipinski definition) is 1. The lowest BCUT2D eigenvalue weighted by Crippen LogP contribution is -2.42. The SMILES string of the molecule is CCN(CC)C(=O)CN(C)C(=S)Nc1ccc(SC(F)F)cc1. The van der Waals surface area contributed by atoms with Gasteiger partial charge < -0.3 is 15.1 Å². The van der Waals surface area contributed by atoms with Gasteiger partial charge in [-0.05, 0) is 50.3 Å². The lowest BCUT2D eigenvalue weighted by molar-refractivity contribution is -0.130. The van der Waals surface area contributed by atoms with Crippen LogP contribution in [0.2, 0.25) is 0 Å². The number of carbonyl (C=O) groups is 1. The van der Waals surface area contributed by atoms with Crippen LogP contribution >= 0.6 is 24.0 Å². The van der Waals surface area contributed by atoms with Crippen molar-refractivity contribution < 1.29 is 13.6 Å². The van der Waals surface area contributed by atoms with Crippen LogP contribution in [0.5, 0.6) is 0 Å². The van der Waals surface area contributed by atoms with E-state index >= 15 is 0 Å². The molecule has 0 saturated heterocycles. The summed E-state index contributed by atoms with van der Waals surface area (Å²) in [7, 11) is 1.73. The van der Waals surface area contributed by atoms with Crippen molar-refractivity contribution in [3.63, 3.8) is 0 Å². The molecule has 1 N–H and O–H groups in total. The first-order chi connectivity index (χ1) is 10.9. The van der Waals surface area contributed by atoms with E-state index in [0.29, 0.717) is 40.5 Å². The van der Waals surface area contributed by atoms with E-state index in [1.807, 2.05) is 13.8 Å². The Bertz CT molecular complexity index is 522. The molecule has 128 valence electrons. The van der Waals surface area contributed by atoms with Gasteiger partial charge in [0.1, 0.15) is 0 Å². The Balaban J connectivity index is 2.56. The smallest absolute Gasteiger partial charge is 0.288 e. The number of anilines is 1. The average Bonchev–Trinajstić information content (AvgIpc) is 2.49. The van der Waals surface area contributed by atoms with E-state index in [4.69, 9.17) is 12.2 Å². The van der Waals surface area contributed by atoms with Crippen molar-refractivity contribution in [2.75, 3.05) is 32.0 Å². The molecule has 1 amide bonds. The van der Waals surface area contributed by atoms with E-state index in [2.05, 4.69) is 5.32 Å². The standard InChI is InChI=1S/C15H21F2N3OS2/c1-4-20(5-2)13(21)10-19(3)15(22)18-11-6-8-12(9-7-11)23-14(16)17/h6-9,14H,4-5,10H2,1-3H3,(H,18,22). The molecule has 0 atom stereocenters. The number of rotatable bonds is 7. The van der Waals surface area contributed by atoms with Crippen LogP contribution in [0.4, 0.5) is 14.5 Å². The molecule has 0 aliphatic carbocycles. The Kier molecular flexibility index (Phi) is 8.25. The average molecular weight is 361 g/mol. The number of nitrogens with zero attached hydrogens (tertiary/aromatic N) is 2. The quantitative estimate of drug-likeness (QED) is 0.594. The van der Waals surface area contributed by atoms with Crippen molar-refractivity contribution in [3.05, 3.63) is 24.3 Å². The molecule has 1 rings (SSSR count). The maximum absolute atomic E-state index is 12.3. The summed E-state index contributed by atoms with van der Waals surface area (Å²) in [5.74, 6) is -2.43. The molecule has 1 aromatic carbocycles. The van der Waals surface area contributed by atoms with E-state index in [1.165, 1.54) is 0 Å². The van der Waals surface area contributed by atoms with Gasteiger partial charge in [-0.3, -0.25) is 4.79 Å². The molecule has 0 saturated carbocycles. The van der Waals surface area contributed by atoms with Gasteiger partial charge in [-0.25, -0.2) is 0 Å². The zero-order valence-corrected chi connectivity index (χ0v) is 15.0. The zero-order valence-electron chi connectivity index (χ0n) is 13.4. The van der Waals surface area contributed by atoms with Crippen LogP contribution in [0.25, 0.3) is 0 Å². The van der Waals surface area contributed by atoms with Crippen LogP contribution in [-0.4, -0.2) is 53.3 Å². The van der Waals surface area contributed by atoms with E-state index in [1.54, 1.807) is 41.1 Å². The predicted molar refractivity (Wildman–Crippen MR) is 95.1 cm³/mol. The summed E-state index contributed by atoms with van der Waals surface area (Å²) in [5, 5.41) is 3.39. The van der Waals surface area contributed by atoms with Crippen LogP contribution in [0.15, 0.2) is 29.2 Å². The molecule has 0 aliphatic rings. The van der Waals surface area contributed by atoms with Crippen molar-refractivity contribution in [3.8, 4) is 0 Å². The highest BCUT2D eigenvalue weighted by molar-refractivity contribution is 7.99. The van der Waals surface area contributed by atoms with Gasteiger partial charge in [0.25, 0.3) is 5.76 Å². The van der Waals surface area contributed by atoms with Crippen molar-refractivity contribution in [2.45, 2.75) is 24.5 Å². The lowest BCUT2D eigenvalue weighted by Gasteiger charge is -2.25. The predicted octanol–water partition coefficient (Wildman–Crippen LogP) is 3.50. The monoisotopic (exact) mass is 361 g/mol. The van der Waals surface area contributed by atoms with Gasteiger partial charge in [-0.2, -0.15) is 8.78 Å². The number of carbonyl (C=O) groups excluding carboxylic acids is 1. The third-order valence-corrected chi connectivity index (χ3v) is 4.30. The van der Waals surface area contributed by atoms with Crippen molar-refractivity contribution in [1.29, 1.82) is 0 Å². The second kappa shape index (κ2) is 9.67. The first kappa shape index (κ1) is 19.6. The summed E-state index contributed by atoms with van der Waals surface area (Å²) in [6.07, 6.45) is 0. The van der Waals surface area contributed by atoms with Gasteiger partial charge >= 0.3 is 0 Å². The van der Waals surface area contributed by atoms with Crippen molar-refractivity contribution in [2.24, 2.45) is 0 Å². The first-order valence-electron chi connectivity index (χ1n) is 7.22. The molecule has 0 heterocycles. The highest BCUT2D eigenvalue weighted by atomic mass is 32.2. The number of amides is 1. The van der Waals surface area contributed by atoms with Crippen LogP contribution in [0, 0.1) is 0 Å². The summed E-state index contributed by atoms with van der Waals surface area (Å²) in [5.41, 5.74) is 0.691. The summed E-state index contributed by atoms with van der Waals surface area (Å²) >= 11 is 5.75. The molecule has 0 unspecified atom stereocenters. The Morgan fingerprint density at radius 1 is 1.26 bits per heavy atom. The minimum absolute atomic E-state index is 0.00494. The number of benzene rings is 1. The number of likely N-dealkylation sites (N-methyl/N-ethyl adjacent to an activating group) is 2. The minimum atomic E-state index is -2.44. The fourth-order valence-corrected chi connectivity index (χ4v) is 2.57. The topological polar surface area (TPSA) is 35.6 Å². The number of alkyl halides is 2. The molecule has 0 aliphatic heterocycles. The Labute approximate surface area is 145 Å². The Morgan fingerprint density at radius 3 is 2.30 bits per heavy atom. The summed E-state index contributed by atoms with van der Waals surface area (Å²) in [4.78, 5) is 15.9. The van der Waals surface area contributed by atoms with Gasteiger partial charge in [0.05, 0.1) is 6.54 Å². The molecule has 0 radical (unpaired) electrons. The van der Waals surface area contributed by atoms with Crippen LogP contribution < -0.4 is 5.32 Å². The van der Waals surface area contributed by atoms with Gasteiger partial charge in [0.15, 0.2) is 5.11 Å². The van der Waals surface area contributed by atoms with Crippen molar-refractivity contribution >= 4 is 40.7 Å². The molecule has 23 heavy (non-hydrogen) atoms. The van der Waals surface area contributed by atoms with Gasteiger partial charge in [-0.1, -0.05) is 11.8 Å². The normalized spacial score (nSPS) is 10.5. The molecular formula is C15H21F2N3OS2. The van der Waals surface area contributed by atoms with E-state index in [0.717, 1.165) is 0 Å². The molecule has 0 fully saturated rings. The number of thioether (sulfide) groups is 1. The molecule has 8 heteroatoms. The molecule has 0 bridgehead atoms. The highest BCUT2D eigenvalue weighted by Crippen LogP contribution is 2.26. The van der Waals surface area contributed by atoms with Gasteiger partial charge in [0.2, 0.25) is 5.91 Å². The second-order valence-corrected chi connectivity index (χ2v) is 6.21. The molecule has 1 aromatic rings. The molecule has 4 nitrogen and oxygen atoms in total. The minimum Gasteiger partial charge on any atom is -0.343 e. The van der Waals surface area contributed by atoms with Crippen LogP contribution in [-0.2, 0) is 4.79 Å². The fraction of sp³-hybridized carbons (Fsp3) is 0.467. The number of halogens is 2.